The molecule has 1 unspecified atom stereocenters. The maximum atomic E-state index is 14.4. The molecule has 0 aliphatic carbocycles. The molecule has 1 heterocycles. The van der Waals surface area contributed by atoms with Gasteiger partial charge in [0.15, 0.2) is 0 Å². The van der Waals surface area contributed by atoms with Crippen molar-refractivity contribution in [1.82, 2.24) is 4.90 Å². The molecule has 0 aromatic heterocycles. The minimum absolute atomic E-state index is 0.0108. The number of benzene rings is 2. The molecule has 1 aliphatic rings. The zero-order valence-corrected chi connectivity index (χ0v) is 20.2. The molecular formula is C25H27ClF3N5O. The summed E-state index contributed by atoms with van der Waals surface area (Å²) in [6, 6.07) is 4.88. The molecule has 6 nitrogen and oxygen atoms in total. The summed E-state index contributed by atoms with van der Waals surface area (Å²) >= 11 is 6.48. The largest absolute Gasteiger partial charge is 0.403 e. The summed E-state index contributed by atoms with van der Waals surface area (Å²) in [5.74, 6) is -2.56. The molecule has 1 aliphatic heterocycles. The Kier molecular flexibility index (Phi) is 8.11. The first-order valence-corrected chi connectivity index (χ1v) is 11.3. The van der Waals surface area contributed by atoms with Crippen LogP contribution in [0.25, 0.3) is 0 Å². The molecule has 6 N–H and O–H groups in total. The summed E-state index contributed by atoms with van der Waals surface area (Å²) in [6.45, 7) is 1.94. The molecule has 3 rings (SSSR count). The van der Waals surface area contributed by atoms with Crippen LogP contribution in [-0.4, -0.2) is 36.2 Å². The number of aliphatic imine (C=N–C) groups is 1. The van der Waals surface area contributed by atoms with E-state index in [9.17, 15) is 18.0 Å². The van der Waals surface area contributed by atoms with Gasteiger partial charge in [0.1, 0.15) is 17.5 Å². The minimum Gasteiger partial charge on any atom is -0.403 e. The van der Waals surface area contributed by atoms with Gasteiger partial charge in [-0.25, -0.2) is 13.2 Å². The van der Waals surface area contributed by atoms with Crippen LogP contribution in [0, 0.1) is 17.5 Å². The number of allylic oxidation sites excluding steroid dienone is 1. The molecule has 35 heavy (non-hydrogen) atoms. The average molecular weight is 506 g/mol. The third kappa shape index (κ3) is 5.62. The van der Waals surface area contributed by atoms with Gasteiger partial charge in [-0.15, -0.1) is 0 Å². The lowest BCUT2D eigenvalue weighted by atomic mass is 9.91. The number of carbonyl (C=O) groups excluding carboxylic acids is 1. The smallest absolute Gasteiger partial charge is 0.256 e. The van der Waals surface area contributed by atoms with E-state index in [1.165, 1.54) is 36.3 Å². The molecule has 1 amide bonds. The number of nitrogens with zero attached hydrogens (tertiary/aromatic N) is 2. The molecule has 0 fully saturated rings. The SMILES string of the molecule is CN=C(C1=C(N)C(C)N(C(=O)c2cc(F)cc(CC/C(N)=C/N)c2Cl)CC1)c1cc(F)cc(F)c1. The van der Waals surface area contributed by atoms with Crippen LogP contribution in [0.4, 0.5) is 13.2 Å². The van der Waals surface area contributed by atoms with E-state index in [1.807, 2.05) is 0 Å². The summed E-state index contributed by atoms with van der Waals surface area (Å²) in [5, 5.41) is 0.132. The fraction of sp³-hybridized carbons (Fsp3) is 0.280. The van der Waals surface area contributed by atoms with Gasteiger partial charge in [0.25, 0.3) is 5.91 Å². The van der Waals surface area contributed by atoms with Crippen LogP contribution >= 0.6 is 11.6 Å². The van der Waals surface area contributed by atoms with Crippen LogP contribution in [-0.2, 0) is 6.42 Å². The Balaban J connectivity index is 1.92. The first kappa shape index (κ1) is 26.2. The van der Waals surface area contributed by atoms with E-state index < -0.39 is 29.4 Å². The van der Waals surface area contributed by atoms with Gasteiger partial charge in [-0.3, -0.25) is 9.79 Å². The minimum atomic E-state index is -0.735. The number of nitrogens with two attached hydrogens (primary N) is 3. The van der Waals surface area contributed by atoms with E-state index in [4.69, 9.17) is 28.8 Å². The van der Waals surface area contributed by atoms with E-state index in [0.29, 0.717) is 41.1 Å². The first-order chi connectivity index (χ1) is 16.6. The van der Waals surface area contributed by atoms with E-state index in [2.05, 4.69) is 4.99 Å². The van der Waals surface area contributed by atoms with Gasteiger partial charge in [-0.2, -0.15) is 0 Å². The van der Waals surface area contributed by atoms with Gasteiger partial charge in [0.05, 0.1) is 22.3 Å². The lowest BCUT2D eigenvalue weighted by Crippen LogP contribution is -2.46. The third-order valence-electron chi connectivity index (χ3n) is 6.02. The van der Waals surface area contributed by atoms with Crippen molar-refractivity contribution >= 4 is 23.2 Å². The zero-order chi connectivity index (χ0) is 25.9. The molecule has 0 spiro atoms. The van der Waals surface area contributed by atoms with Gasteiger partial charge >= 0.3 is 0 Å². The topological polar surface area (TPSA) is 111 Å². The maximum Gasteiger partial charge on any atom is 0.256 e. The van der Waals surface area contributed by atoms with Gasteiger partial charge in [-0.05, 0) is 56.0 Å². The van der Waals surface area contributed by atoms with Crippen LogP contribution < -0.4 is 17.2 Å². The van der Waals surface area contributed by atoms with Gasteiger partial charge in [0, 0.05) is 48.4 Å². The zero-order valence-electron chi connectivity index (χ0n) is 19.4. The number of hydrogen-bond acceptors (Lipinski definition) is 5. The molecule has 0 bridgehead atoms. The average Bonchev–Trinajstić information content (AvgIpc) is 2.81. The number of halogens is 4. The van der Waals surface area contributed by atoms with Crippen molar-refractivity contribution in [3.8, 4) is 0 Å². The lowest BCUT2D eigenvalue weighted by molar-refractivity contribution is 0.0706. The fourth-order valence-corrected chi connectivity index (χ4v) is 4.44. The molecule has 2 aromatic carbocycles. The summed E-state index contributed by atoms with van der Waals surface area (Å²) in [5.41, 5.74) is 19.9. The van der Waals surface area contributed by atoms with E-state index in [0.717, 1.165) is 12.1 Å². The fourth-order valence-electron chi connectivity index (χ4n) is 4.15. The molecule has 186 valence electrons. The number of rotatable bonds is 6. The molecule has 0 radical (unpaired) electrons. The van der Waals surface area contributed by atoms with Crippen molar-refractivity contribution in [3.63, 3.8) is 0 Å². The molecule has 0 saturated heterocycles. The lowest BCUT2D eigenvalue weighted by Gasteiger charge is -2.36. The molecule has 1 atom stereocenters. The predicted octanol–water partition coefficient (Wildman–Crippen LogP) is 4.02. The summed E-state index contributed by atoms with van der Waals surface area (Å²) in [6.07, 6.45) is 2.20. The normalized spacial score (nSPS) is 17.2. The maximum absolute atomic E-state index is 14.4. The van der Waals surface area contributed by atoms with E-state index >= 15 is 0 Å². The van der Waals surface area contributed by atoms with Gasteiger partial charge in [0.2, 0.25) is 0 Å². The van der Waals surface area contributed by atoms with E-state index in [-0.39, 0.29) is 29.1 Å². The summed E-state index contributed by atoms with van der Waals surface area (Å²) < 4.78 is 41.9. The monoisotopic (exact) mass is 505 g/mol. The van der Waals surface area contributed by atoms with Crippen LogP contribution in [0.1, 0.15) is 41.3 Å². The van der Waals surface area contributed by atoms with Crippen LogP contribution in [0.3, 0.4) is 0 Å². The Labute approximate surface area is 206 Å². The van der Waals surface area contributed by atoms with E-state index in [1.54, 1.807) is 6.92 Å². The van der Waals surface area contributed by atoms with Crippen LogP contribution in [0.5, 0.6) is 0 Å². The second-order valence-corrected chi connectivity index (χ2v) is 8.63. The highest BCUT2D eigenvalue weighted by molar-refractivity contribution is 6.34. The standard InChI is InChI=1S/C25H27ClF3N5O/c1-13-23(32)20(24(33-2)15-8-16(27)10-17(28)9-15)5-6-34(13)25(35)21-11-18(29)7-14(22(21)26)3-4-19(31)12-30/h7-13H,3-6,30-32H2,1-2H3/b19-12-,33-24?. The Morgan fingerprint density at radius 1 is 1.17 bits per heavy atom. The van der Waals surface area contributed by atoms with Crippen molar-refractivity contribution in [1.29, 1.82) is 0 Å². The quantitative estimate of drug-likeness (QED) is 0.515. The first-order valence-electron chi connectivity index (χ1n) is 10.9. The number of amides is 1. The number of hydrogen-bond donors (Lipinski definition) is 3. The van der Waals surface area contributed by atoms with Crippen molar-refractivity contribution in [2.24, 2.45) is 22.2 Å². The third-order valence-corrected chi connectivity index (χ3v) is 6.46. The van der Waals surface area contributed by atoms with Gasteiger partial charge < -0.3 is 22.1 Å². The second kappa shape index (κ2) is 10.9. The van der Waals surface area contributed by atoms with Crippen molar-refractivity contribution in [2.45, 2.75) is 32.2 Å². The second-order valence-electron chi connectivity index (χ2n) is 8.26. The van der Waals surface area contributed by atoms with Crippen LogP contribution in [0.2, 0.25) is 5.02 Å². The Bertz CT molecular complexity index is 1220. The molecule has 10 heteroatoms. The Morgan fingerprint density at radius 3 is 2.40 bits per heavy atom. The Hall–Kier alpha value is -3.46. The summed E-state index contributed by atoms with van der Waals surface area (Å²) in [7, 11) is 1.50. The highest BCUT2D eigenvalue weighted by Gasteiger charge is 2.32. The predicted molar refractivity (Wildman–Crippen MR) is 131 cm³/mol. The highest BCUT2D eigenvalue weighted by atomic mass is 35.5. The molecule has 0 saturated carbocycles. The number of carbonyl (C=O) groups is 1. The number of aryl methyl sites for hydroxylation is 1. The highest BCUT2D eigenvalue weighted by Crippen LogP contribution is 2.30. The van der Waals surface area contributed by atoms with Crippen LogP contribution in [0.15, 0.2) is 58.5 Å². The molecule has 2 aromatic rings. The molecular weight excluding hydrogens is 479 g/mol. The van der Waals surface area contributed by atoms with Crippen molar-refractivity contribution < 1.29 is 18.0 Å². The van der Waals surface area contributed by atoms with Crippen molar-refractivity contribution in [3.05, 3.63) is 92.7 Å². The Morgan fingerprint density at radius 2 is 1.80 bits per heavy atom. The van der Waals surface area contributed by atoms with Gasteiger partial charge in [-0.1, -0.05) is 11.6 Å². The van der Waals surface area contributed by atoms with Crippen molar-refractivity contribution in [2.75, 3.05) is 13.6 Å². The summed E-state index contributed by atoms with van der Waals surface area (Å²) in [4.78, 5) is 19.1.